The Labute approximate surface area is 201 Å². The van der Waals surface area contributed by atoms with Gasteiger partial charge < -0.3 is 23.7 Å². The van der Waals surface area contributed by atoms with E-state index < -0.39 is 16.1 Å². The molecule has 0 saturated heterocycles. The molecule has 186 valence electrons. The van der Waals surface area contributed by atoms with Crippen LogP contribution in [0.25, 0.3) is 5.57 Å². The number of nitrogens with zero attached hydrogens (tertiary/aromatic N) is 2. The maximum absolute atomic E-state index is 13.5. The Morgan fingerprint density at radius 1 is 1.00 bits per heavy atom. The van der Waals surface area contributed by atoms with E-state index >= 15 is 0 Å². The highest BCUT2D eigenvalue weighted by atomic mass is 28.3. The van der Waals surface area contributed by atoms with E-state index in [0.29, 0.717) is 38.8 Å². The minimum Gasteiger partial charge on any atom is -0.466 e. The Bertz CT molecular complexity index is 837. The normalized spacial score (nSPS) is 14.7. The lowest BCUT2D eigenvalue weighted by Crippen LogP contribution is -2.35. The first-order chi connectivity index (χ1) is 15.4. The summed E-state index contributed by atoms with van der Waals surface area (Å²) in [6.07, 6.45) is 3.95. The van der Waals surface area contributed by atoms with Crippen molar-refractivity contribution in [2.45, 2.75) is 71.4 Å². The van der Waals surface area contributed by atoms with Crippen molar-refractivity contribution in [2.75, 3.05) is 33.1 Å². The summed E-state index contributed by atoms with van der Waals surface area (Å²) in [6, 6.07) is 4.01. The summed E-state index contributed by atoms with van der Waals surface area (Å²) in [5, 5.41) is 0. The van der Waals surface area contributed by atoms with Gasteiger partial charge in [-0.25, -0.2) is 0 Å². The monoisotopic (exact) mass is 494 g/mol. The van der Waals surface area contributed by atoms with E-state index in [1.165, 1.54) is 0 Å². The molecule has 0 aliphatic carbocycles. The van der Waals surface area contributed by atoms with Crippen molar-refractivity contribution < 1.29 is 23.8 Å². The van der Waals surface area contributed by atoms with Crippen LogP contribution in [0, 0.1) is 0 Å². The molecule has 0 radical (unpaired) electrons. The minimum absolute atomic E-state index is 0.105. The smallest absolute Gasteiger partial charge is 0.310 e. The topological polar surface area (TPSA) is 70.0 Å². The molecule has 1 aliphatic rings. The first kappa shape index (κ1) is 27.6. The van der Waals surface area contributed by atoms with E-state index in [0.717, 1.165) is 23.2 Å². The molecular formula is C24H42N2O5Si2. The van der Waals surface area contributed by atoms with Crippen LogP contribution >= 0.6 is 0 Å². The molecule has 0 bridgehead atoms. The zero-order valence-electron chi connectivity index (χ0n) is 21.5. The summed E-state index contributed by atoms with van der Waals surface area (Å²) in [4.78, 5) is 27.4. The first-order valence-corrected chi connectivity index (χ1v) is 19.3. The molecule has 2 heterocycles. The number of hydrogen-bond donors (Lipinski definition) is 0. The van der Waals surface area contributed by atoms with Crippen LogP contribution in [0.15, 0.2) is 18.3 Å². The lowest BCUT2D eigenvalue weighted by Gasteiger charge is -2.23. The minimum atomic E-state index is -1.21. The second kappa shape index (κ2) is 12.1. The molecule has 1 aromatic rings. The molecule has 0 spiro atoms. The van der Waals surface area contributed by atoms with Gasteiger partial charge in [-0.15, -0.1) is 0 Å². The van der Waals surface area contributed by atoms with Gasteiger partial charge in [-0.05, 0) is 30.7 Å². The summed E-state index contributed by atoms with van der Waals surface area (Å²) in [6.45, 7) is 18.2. The van der Waals surface area contributed by atoms with Crippen molar-refractivity contribution in [1.82, 2.24) is 9.47 Å². The Hall–Kier alpha value is -1.69. The molecule has 1 aliphatic heterocycles. The van der Waals surface area contributed by atoms with Gasteiger partial charge in [0, 0.05) is 47.7 Å². The number of rotatable bonds is 13. The van der Waals surface area contributed by atoms with Gasteiger partial charge in [0.1, 0.15) is 19.2 Å². The summed E-state index contributed by atoms with van der Waals surface area (Å²) in [5.74, 6) is -0.395. The predicted octanol–water partition coefficient (Wildman–Crippen LogP) is 4.91. The fraction of sp³-hybridized carbons (Fsp3) is 0.667. The molecule has 0 saturated carbocycles. The second-order valence-corrected chi connectivity index (χ2v) is 22.2. The molecule has 0 N–H and O–H groups in total. The molecule has 0 aromatic carbocycles. The first-order valence-electron chi connectivity index (χ1n) is 11.9. The molecule has 2 rings (SSSR count). The fourth-order valence-corrected chi connectivity index (χ4v) is 4.89. The highest BCUT2D eigenvalue weighted by Crippen LogP contribution is 2.28. The Balaban J connectivity index is 2.19. The predicted molar refractivity (Wildman–Crippen MR) is 138 cm³/mol. The summed E-state index contributed by atoms with van der Waals surface area (Å²) in [7, 11) is -2.40. The van der Waals surface area contributed by atoms with Crippen LogP contribution in [0.1, 0.15) is 29.4 Å². The molecule has 0 atom stereocenters. The van der Waals surface area contributed by atoms with E-state index in [4.69, 9.17) is 14.2 Å². The fourth-order valence-electron chi connectivity index (χ4n) is 3.38. The van der Waals surface area contributed by atoms with E-state index in [9.17, 15) is 9.59 Å². The van der Waals surface area contributed by atoms with Crippen molar-refractivity contribution in [2.24, 2.45) is 0 Å². The summed E-state index contributed by atoms with van der Waals surface area (Å²) >= 11 is 0. The van der Waals surface area contributed by atoms with Gasteiger partial charge in [0.15, 0.2) is 0 Å². The summed E-state index contributed by atoms with van der Waals surface area (Å²) < 4.78 is 18.8. The third-order valence-electron chi connectivity index (χ3n) is 5.47. The van der Waals surface area contributed by atoms with Crippen molar-refractivity contribution in [1.29, 1.82) is 0 Å². The van der Waals surface area contributed by atoms with E-state index in [1.54, 1.807) is 11.8 Å². The van der Waals surface area contributed by atoms with Gasteiger partial charge in [0.2, 0.25) is 0 Å². The zero-order chi connectivity index (χ0) is 24.6. The van der Waals surface area contributed by atoms with Crippen LogP contribution in [0.3, 0.4) is 0 Å². The third-order valence-corrected chi connectivity index (χ3v) is 8.88. The van der Waals surface area contributed by atoms with Gasteiger partial charge in [-0.2, -0.15) is 0 Å². The van der Waals surface area contributed by atoms with Crippen LogP contribution in [0.2, 0.25) is 51.4 Å². The molecule has 33 heavy (non-hydrogen) atoms. The number of carbonyl (C=O) groups is 2. The zero-order valence-corrected chi connectivity index (χ0v) is 23.5. The SMILES string of the molecule is CCOC(=O)CC1=CCN(COCC[Si](C)(C)C)C(=O)c2c1ccn2COCC[Si](C)(C)C. The number of amides is 1. The standard InChI is InChI=1S/C24H42N2O5Si2/c1-8-31-22(27)17-20-9-11-26(19-30-14-16-33(5,6)7)24(28)23-21(20)10-12-25(23)18-29-13-15-32(2,3)4/h9-10,12H,8,11,13-19H2,1-7H3. The maximum atomic E-state index is 13.5. The lowest BCUT2D eigenvalue weighted by atomic mass is 10.0. The molecule has 7 nitrogen and oxygen atoms in total. The van der Waals surface area contributed by atoms with Gasteiger partial charge in [0.05, 0.1) is 13.0 Å². The van der Waals surface area contributed by atoms with Gasteiger partial charge in [-0.1, -0.05) is 45.4 Å². The number of hydrogen-bond acceptors (Lipinski definition) is 5. The summed E-state index contributed by atoms with van der Waals surface area (Å²) in [5.41, 5.74) is 2.12. The van der Waals surface area contributed by atoms with Gasteiger partial charge in [0.25, 0.3) is 5.91 Å². The van der Waals surface area contributed by atoms with Crippen LogP contribution in [0.4, 0.5) is 0 Å². The van der Waals surface area contributed by atoms with Gasteiger partial charge in [-0.3, -0.25) is 9.59 Å². The Kier molecular flexibility index (Phi) is 10.1. The average molecular weight is 495 g/mol. The average Bonchev–Trinajstić information content (AvgIpc) is 3.06. The van der Waals surface area contributed by atoms with Crippen molar-refractivity contribution in [3.63, 3.8) is 0 Å². The van der Waals surface area contributed by atoms with Gasteiger partial charge >= 0.3 is 5.97 Å². The Morgan fingerprint density at radius 2 is 1.61 bits per heavy atom. The molecule has 1 aromatic heterocycles. The van der Waals surface area contributed by atoms with E-state index in [1.807, 2.05) is 22.9 Å². The number of aromatic nitrogens is 1. The second-order valence-electron chi connectivity index (χ2n) is 11.0. The molecule has 0 unspecified atom stereocenters. The number of fused-ring (bicyclic) bond motifs is 1. The van der Waals surface area contributed by atoms with Crippen LogP contribution in [-0.2, 0) is 25.7 Å². The van der Waals surface area contributed by atoms with Crippen LogP contribution < -0.4 is 0 Å². The molecular weight excluding hydrogens is 452 g/mol. The molecule has 9 heteroatoms. The number of ether oxygens (including phenoxy) is 3. The van der Waals surface area contributed by atoms with Crippen molar-refractivity contribution >= 4 is 33.6 Å². The number of carbonyl (C=O) groups excluding carboxylic acids is 2. The highest BCUT2D eigenvalue weighted by Gasteiger charge is 2.28. The largest absolute Gasteiger partial charge is 0.466 e. The van der Waals surface area contributed by atoms with E-state index in [2.05, 4.69) is 39.3 Å². The quantitative estimate of drug-likeness (QED) is 0.221. The van der Waals surface area contributed by atoms with Crippen molar-refractivity contribution in [3.8, 4) is 0 Å². The molecule has 0 fully saturated rings. The van der Waals surface area contributed by atoms with Crippen LogP contribution in [-0.4, -0.2) is 70.6 Å². The Morgan fingerprint density at radius 3 is 2.18 bits per heavy atom. The lowest BCUT2D eigenvalue weighted by molar-refractivity contribution is -0.141. The van der Waals surface area contributed by atoms with Crippen LogP contribution in [0.5, 0.6) is 0 Å². The van der Waals surface area contributed by atoms with E-state index in [-0.39, 0.29) is 25.0 Å². The molecule has 1 amide bonds. The highest BCUT2D eigenvalue weighted by molar-refractivity contribution is 6.76. The maximum Gasteiger partial charge on any atom is 0.310 e. The van der Waals surface area contributed by atoms with Crippen molar-refractivity contribution in [3.05, 3.63) is 29.6 Å². The number of esters is 1. The third kappa shape index (κ3) is 9.23.